The van der Waals surface area contributed by atoms with Gasteiger partial charge in [0.2, 0.25) is 0 Å². The van der Waals surface area contributed by atoms with E-state index in [1.165, 1.54) is 0 Å². The van der Waals surface area contributed by atoms with E-state index in [4.69, 9.17) is 10.5 Å². The second kappa shape index (κ2) is 11.3. The molecule has 4 nitrogen and oxygen atoms in total. The van der Waals surface area contributed by atoms with Gasteiger partial charge in [-0.25, -0.2) is 4.79 Å². The maximum atomic E-state index is 13.0. The summed E-state index contributed by atoms with van der Waals surface area (Å²) in [6.07, 6.45) is 3.80. The van der Waals surface area contributed by atoms with Crippen LogP contribution in [0, 0.1) is 0 Å². The molecule has 2 aromatic carbocycles. The van der Waals surface area contributed by atoms with E-state index in [1.54, 1.807) is 18.7 Å². The van der Waals surface area contributed by atoms with Gasteiger partial charge < -0.3 is 10.5 Å². The van der Waals surface area contributed by atoms with Crippen LogP contribution in [-0.2, 0) is 4.74 Å². The topological polar surface area (TPSA) is 69.4 Å². The molecular weight excluding hydrogens is 370 g/mol. The molecule has 0 unspecified atom stereocenters. The second-order valence-corrected chi connectivity index (χ2v) is 7.68. The van der Waals surface area contributed by atoms with Crippen LogP contribution in [0.25, 0.3) is 0 Å². The van der Waals surface area contributed by atoms with E-state index in [-0.39, 0.29) is 11.5 Å². The number of ether oxygens (including phenoxy) is 1. The molecule has 28 heavy (non-hydrogen) atoms. The van der Waals surface area contributed by atoms with Crippen LogP contribution >= 0.6 is 11.8 Å². The zero-order valence-electron chi connectivity index (χ0n) is 16.4. The minimum Gasteiger partial charge on any atom is -0.415 e. The highest BCUT2D eigenvalue weighted by atomic mass is 32.2. The molecule has 0 fully saturated rings. The van der Waals surface area contributed by atoms with E-state index in [0.717, 1.165) is 35.5 Å². The molecule has 0 aliphatic carbocycles. The van der Waals surface area contributed by atoms with Crippen molar-refractivity contribution in [3.05, 3.63) is 71.5 Å². The SMILES string of the molecule is CCCCCCC(C(=O)c1ccc(Sc2ccccc2)cc1)=C(C)OC(N)=O. The Balaban J connectivity index is 2.14. The number of Topliss-reactive ketones (excluding diaryl/α,β-unsaturated/α-hetero) is 1. The molecule has 0 bridgehead atoms. The number of primary amides is 1. The summed E-state index contributed by atoms with van der Waals surface area (Å²) >= 11 is 1.64. The third-order valence-electron chi connectivity index (χ3n) is 4.33. The van der Waals surface area contributed by atoms with Gasteiger partial charge >= 0.3 is 6.09 Å². The molecule has 2 aromatic rings. The second-order valence-electron chi connectivity index (χ2n) is 6.54. The molecule has 2 N–H and O–H groups in total. The molecule has 0 saturated heterocycles. The molecular formula is C23H27NO3S. The zero-order chi connectivity index (χ0) is 20.4. The Kier molecular flexibility index (Phi) is 8.82. The maximum absolute atomic E-state index is 13.0. The monoisotopic (exact) mass is 397 g/mol. The van der Waals surface area contributed by atoms with Gasteiger partial charge in [0.15, 0.2) is 5.78 Å². The number of nitrogens with two attached hydrogens (primary N) is 1. The third-order valence-corrected chi connectivity index (χ3v) is 5.34. The Bertz CT molecular complexity index is 814. The normalized spacial score (nSPS) is 11.6. The first kappa shape index (κ1) is 21.8. The number of rotatable bonds is 10. The molecule has 0 spiro atoms. The van der Waals surface area contributed by atoms with E-state index in [0.29, 0.717) is 17.6 Å². The Hall–Kier alpha value is -2.53. The molecule has 0 aliphatic heterocycles. The van der Waals surface area contributed by atoms with Crippen molar-refractivity contribution in [3.63, 3.8) is 0 Å². The summed E-state index contributed by atoms with van der Waals surface area (Å²) < 4.78 is 5.01. The number of hydrogen-bond acceptors (Lipinski definition) is 4. The van der Waals surface area contributed by atoms with Crippen LogP contribution in [-0.4, -0.2) is 11.9 Å². The van der Waals surface area contributed by atoms with Crippen molar-refractivity contribution in [1.29, 1.82) is 0 Å². The molecule has 148 valence electrons. The summed E-state index contributed by atoms with van der Waals surface area (Å²) in [5, 5.41) is 0. The number of benzene rings is 2. The van der Waals surface area contributed by atoms with Gasteiger partial charge in [-0.15, -0.1) is 0 Å². The van der Waals surface area contributed by atoms with Gasteiger partial charge in [-0.2, -0.15) is 0 Å². The molecule has 0 aliphatic rings. The van der Waals surface area contributed by atoms with Gasteiger partial charge in [-0.3, -0.25) is 4.79 Å². The number of ketones is 1. The lowest BCUT2D eigenvalue weighted by Crippen LogP contribution is -2.15. The summed E-state index contributed by atoms with van der Waals surface area (Å²) in [5.74, 6) is 0.170. The minimum atomic E-state index is -0.897. The molecule has 0 atom stereocenters. The van der Waals surface area contributed by atoms with Crippen molar-refractivity contribution in [3.8, 4) is 0 Å². The predicted octanol–water partition coefficient (Wildman–Crippen LogP) is 6.36. The quantitative estimate of drug-likeness (QED) is 0.219. The van der Waals surface area contributed by atoms with Crippen LogP contribution in [0.5, 0.6) is 0 Å². The van der Waals surface area contributed by atoms with Crippen molar-refractivity contribution in [2.45, 2.75) is 55.7 Å². The lowest BCUT2D eigenvalue weighted by Gasteiger charge is -2.11. The summed E-state index contributed by atoms with van der Waals surface area (Å²) in [6.45, 7) is 3.76. The summed E-state index contributed by atoms with van der Waals surface area (Å²) in [7, 11) is 0. The fraction of sp³-hybridized carbons (Fsp3) is 0.304. The number of hydrogen-bond donors (Lipinski definition) is 1. The summed E-state index contributed by atoms with van der Waals surface area (Å²) in [5.41, 5.74) is 6.22. The van der Waals surface area contributed by atoms with Gasteiger partial charge in [0.05, 0.1) is 0 Å². The summed E-state index contributed by atoms with van der Waals surface area (Å²) in [4.78, 5) is 26.3. The number of carbonyl (C=O) groups excluding carboxylic acids is 2. The van der Waals surface area contributed by atoms with Gasteiger partial charge in [-0.1, -0.05) is 56.1 Å². The van der Waals surface area contributed by atoms with Crippen LogP contribution in [0.4, 0.5) is 4.79 Å². The Morgan fingerprint density at radius 2 is 1.57 bits per heavy atom. The van der Waals surface area contributed by atoms with E-state index in [9.17, 15) is 9.59 Å². The van der Waals surface area contributed by atoms with Gasteiger partial charge in [0.1, 0.15) is 5.76 Å². The van der Waals surface area contributed by atoms with Crippen LogP contribution in [0.2, 0.25) is 0 Å². The molecule has 0 saturated carbocycles. The van der Waals surface area contributed by atoms with Crippen LogP contribution < -0.4 is 5.73 Å². The Morgan fingerprint density at radius 3 is 2.18 bits per heavy atom. The predicted molar refractivity (Wildman–Crippen MR) is 113 cm³/mol. The van der Waals surface area contributed by atoms with Gasteiger partial charge in [0, 0.05) is 20.9 Å². The third kappa shape index (κ3) is 6.89. The summed E-state index contributed by atoms with van der Waals surface area (Å²) in [6, 6.07) is 17.6. The largest absolute Gasteiger partial charge is 0.415 e. The van der Waals surface area contributed by atoms with E-state index < -0.39 is 6.09 Å². The Labute approximate surface area is 171 Å². The van der Waals surface area contributed by atoms with Crippen molar-refractivity contribution in [1.82, 2.24) is 0 Å². The average molecular weight is 398 g/mol. The smallest absolute Gasteiger partial charge is 0.409 e. The van der Waals surface area contributed by atoms with Crippen LogP contribution in [0.1, 0.15) is 56.3 Å². The Morgan fingerprint density at radius 1 is 0.929 bits per heavy atom. The minimum absolute atomic E-state index is 0.119. The highest BCUT2D eigenvalue weighted by molar-refractivity contribution is 7.99. The van der Waals surface area contributed by atoms with Crippen LogP contribution in [0.15, 0.2) is 75.7 Å². The molecule has 0 radical (unpaired) electrons. The van der Waals surface area contributed by atoms with Crippen molar-refractivity contribution >= 4 is 23.6 Å². The highest BCUT2D eigenvalue weighted by Gasteiger charge is 2.17. The highest BCUT2D eigenvalue weighted by Crippen LogP contribution is 2.28. The van der Waals surface area contributed by atoms with E-state index >= 15 is 0 Å². The number of amides is 1. The molecule has 0 aromatic heterocycles. The van der Waals surface area contributed by atoms with E-state index in [1.807, 2.05) is 54.6 Å². The fourth-order valence-corrected chi connectivity index (χ4v) is 3.70. The standard InChI is InChI=1S/C23H27NO3S/c1-3-4-5-9-12-21(17(2)27-23(24)26)22(25)18-13-15-20(16-14-18)28-19-10-7-6-8-11-19/h6-8,10-11,13-16H,3-5,9,12H2,1-2H3,(H2,24,26). The first-order chi connectivity index (χ1) is 13.5. The molecule has 1 amide bonds. The molecule has 2 rings (SSSR count). The maximum Gasteiger partial charge on any atom is 0.409 e. The van der Waals surface area contributed by atoms with Crippen molar-refractivity contribution in [2.75, 3.05) is 0 Å². The lowest BCUT2D eigenvalue weighted by molar-refractivity contribution is 0.102. The lowest BCUT2D eigenvalue weighted by atomic mass is 9.97. The molecule has 0 heterocycles. The van der Waals surface area contributed by atoms with Crippen LogP contribution in [0.3, 0.4) is 0 Å². The van der Waals surface area contributed by atoms with Gasteiger partial charge in [-0.05, 0) is 56.2 Å². The number of carbonyl (C=O) groups is 2. The first-order valence-corrected chi connectivity index (χ1v) is 10.4. The number of unbranched alkanes of at least 4 members (excludes halogenated alkanes) is 3. The average Bonchev–Trinajstić information content (AvgIpc) is 2.68. The van der Waals surface area contributed by atoms with Crippen molar-refractivity contribution < 1.29 is 14.3 Å². The molecule has 5 heteroatoms. The first-order valence-electron chi connectivity index (χ1n) is 9.56. The van der Waals surface area contributed by atoms with Gasteiger partial charge in [0.25, 0.3) is 0 Å². The van der Waals surface area contributed by atoms with E-state index in [2.05, 4.69) is 6.92 Å². The zero-order valence-corrected chi connectivity index (χ0v) is 17.3. The van der Waals surface area contributed by atoms with Crippen molar-refractivity contribution in [2.24, 2.45) is 5.73 Å². The number of allylic oxidation sites excluding steroid dienone is 2. The fourth-order valence-electron chi connectivity index (χ4n) is 2.86.